The summed E-state index contributed by atoms with van der Waals surface area (Å²) in [7, 11) is 0. The summed E-state index contributed by atoms with van der Waals surface area (Å²) in [6.07, 6.45) is -3.45. The maximum absolute atomic E-state index is 13.8. The van der Waals surface area contributed by atoms with Crippen LogP contribution in [0.2, 0.25) is 0 Å². The monoisotopic (exact) mass is 381 g/mol. The lowest BCUT2D eigenvalue weighted by atomic mass is 9.98. The predicted molar refractivity (Wildman–Crippen MR) is 92.3 cm³/mol. The first kappa shape index (κ1) is 18.8. The first-order chi connectivity index (χ1) is 12.5. The van der Waals surface area contributed by atoms with Crippen molar-refractivity contribution < 1.29 is 32.9 Å². The molecule has 0 radical (unpaired) electrons. The number of benzene rings is 1. The summed E-state index contributed by atoms with van der Waals surface area (Å²) < 4.78 is 43.2. The van der Waals surface area contributed by atoms with Crippen LogP contribution in [-0.2, 0) is 28.5 Å². The summed E-state index contributed by atoms with van der Waals surface area (Å²) in [5, 5.41) is 2.68. The topological polar surface area (TPSA) is 75.3 Å². The third-order valence-electron chi connectivity index (χ3n) is 4.85. The molecule has 3 aliphatic rings. The molecule has 148 valence electrons. The van der Waals surface area contributed by atoms with Crippen LogP contribution in [0.25, 0.3) is 0 Å². The van der Waals surface area contributed by atoms with Crippen molar-refractivity contribution in [1.29, 1.82) is 0 Å². The van der Waals surface area contributed by atoms with Crippen molar-refractivity contribution in [2.24, 2.45) is 0 Å². The van der Waals surface area contributed by atoms with Gasteiger partial charge in [-0.3, -0.25) is 4.79 Å². The van der Waals surface area contributed by atoms with Gasteiger partial charge in [0.2, 0.25) is 0 Å². The highest BCUT2D eigenvalue weighted by Gasteiger charge is 2.62. The maximum Gasteiger partial charge on any atom is 0.256 e. The molecule has 3 fully saturated rings. The van der Waals surface area contributed by atoms with Gasteiger partial charge in [0.25, 0.3) is 5.91 Å². The van der Waals surface area contributed by atoms with E-state index in [9.17, 15) is 9.18 Å². The fourth-order valence-corrected chi connectivity index (χ4v) is 3.71. The quantitative estimate of drug-likeness (QED) is 0.848. The standard InChI is InChI=1S/C19H24FNO6/c1-9-6-7-10(8-11(9)20)21-16(22)14-12-13(25-18(2,3)24-12)15-17(23-14)27-19(4,5)26-15/h6-8,12-15,17H,1-5H3,(H,21,22)/t12-,13+,14-,15+,17+/m0/s1. The Morgan fingerprint density at radius 3 is 2.33 bits per heavy atom. The molecular formula is C19H24FNO6. The number of carbonyl (C=O) groups is 1. The van der Waals surface area contributed by atoms with Crippen LogP contribution in [0.3, 0.4) is 0 Å². The molecule has 4 rings (SSSR count). The lowest BCUT2D eigenvalue weighted by molar-refractivity contribution is -0.229. The zero-order chi connectivity index (χ0) is 19.6. The highest BCUT2D eigenvalue weighted by Crippen LogP contribution is 2.44. The molecular weight excluding hydrogens is 357 g/mol. The van der Waals surface area contributed by atoms with E-state index in [-0.39, 0.29) is 0 Å². The minimum absolute atomic E-state index is 0.340. The lowest BCUT2D eigenvalue weighted by Crippen LogP contribution is -2.58. The summed E-state index contributed by atoms with van der Waals surface area (Å²) in [5.41, 5.74) is 0.838. The molecule has 1 N–H and O–H groups in total. The van der Waals surface area contributed by atoms with E-state index in [0.29, 0.717) is 11.3 Å². The Morgan fingerprint density at radius 1 is 1.00 bits per heavy atom. The molecule has 0 unspecified atom stereocenters. The molecule has 0 bridgehead atoms. The SMILES string of the molecule is Cc1ccc(NC(=O)[C@H]2O[C@@H]3OC(C)(C)O[C@@H]3[C@@H]3OC(C)(C)O[C@@H]32)cc1F. The summed E-state index contributed by atoms with van der Waals surface area (Å²) in [6.45, 7) is 8.74. The molecule has 1 aromatic carbocycles. The van der Waals surface area contributed by atoms with Crippen molar-refractivity contribution in [3.8, 4) is 0 Å². The average molecular weight is 381 g/mol. The van der Waals surface area contributed by atoms with Crippen molar-refractivity contribution in [3.63, 3.8) is 0 Å². The molecule has 0 aromatic heterocycles. The van der Waals surface area contributed by atoms with E-state index in [2.05, 4.69) is 5.32 Å². The van der Waals surface area contributed by atoms with Gasteiger partial charge in [-0.1, -0.05) is 6.07 Å². The van der Waals surface area contributed by atoms with Gasteiger partial charge < -0.3 is 29.0 Å². The molecule has 8 heteroatoms. The number of aryl methyl sites for hydroxylation is 1. The molecule has 1 amide bonds. The Labute approximate surface area is 157 Å². The van der Waals surface area contributed by atoms with Crippen LogP contribution in [-0.4, -0.2) is 48.2 Å². The van der Waals surface area contributed by atoms with Gasteiger partial charge in [0.05, 0.1) is 0 Å². The highest BCUT2D eigenvalue weighted by atomic mass is 19.1. The van der Waals surface area contributed by atoms with Gasteiger partial charge in [0.15, 0.2) is 24.0 Å². The van der Waals surface area contributed by atoms with Crippen molar-refractivity contribution in [2.75, 3.05) is 5.32 Å². The number of halogens is 1. The fraction of sp³-hybridized carbons (Fsp3) is 0.632. The zero-order valence-corrected chi connectivity index (χ0v) is 15.9. The molecule has 3 heterocycles. The minimum Gasteiger partial charge on any atom is -0.342 e. The number of fused-ring (bicyclic) bond motifs is 3. The number of rotatable bonds is 2. The van der Waals surface area contributed by atoms with Crippen LogP contribution in [0, 0.1) is 12.7 Å². The lowest BCUT2D eigenvalue weighted by Gasteiger charge is -2.36. The van der Waals surface area contributed by atoms with Crippen molar-refractivity contribution in [2.45, 2.75) is 76.9 Å². The predicted octanol–water partition coefficient (Wildman–Crippen LogP) is 2.47. The molecule has 3 saturated heterocycles. The number of anilines is 1. The molecule has 3 aliphatic heterocycles. The highest BCUT2D eigenvalue weighted by molar-refractivity contribution is 5.94. The first-order valence-electron chi connectivity index (χ1n) is 8.98. The third-order valence-corrected chi connectivity index (χ3v) is 4.85. The maximum atomic E-state index is 13.8. The van der Waals surface area contributed by atoms with E-state index in [1.54, 1.807) is 46.8 Å². The van der Waals surface area contributed by atoms with E-state index in [1.807, 2.05) is 0 Å². The van der Waals surface area contributed by atoms with Gasteiger partial charge in [0, 0.05) is 5.69 Å². The van der Waals surface area contributed by atoms with Crippen molar-refractivity contribution in [1.82, 2.24) is 0 Å². The number of nitrogens with one attached hydrogen (secondary N) is 1. The van der Waals surface area contributed by atoms with E-state index in [0.717, 1.165) is 0 Å². The normalized spacial score (nSPS) is 36.1. The van der Waals surface area contributed by atoms with E-state index >= 15 is 0 Å². The number of ether oxygens (including phenoxy) is 5. The van der Waals surface area contributed by atoms with Crippen LogP contribution in [0.1, 0.15) is 33.3 Å². The molecule has 0 aliphatic carbocycles. The smallest absolute Gasteiger partial charge is 0.256 e. The number of hydrogen-bond acceptors (Lipinski definition) is 6. The molecule has 27 heavy (non-hydrogen) atoms. The summed E-state index contributed by atoms with van der Waals surface area (Å²) in [4.78, 5) is 12.9. The number of amides is 1. The minimum atomic E-state index is -0.986. The average Bonchev–Trinajstić information content (AvgIpc) is 3.04. The van der Waals surface area contributed by atoms with Gasteiger partial charge in [0.1, 0.15) is 24.1 Å². The number of hydrogen-bond donors (Lipinski definition) is 1. The third kappa shape index (κ3) is 3.48. The van der Waals surface area contributed by atoms with Gasteiger partial charge >= 0.3 is 0 Å². The first-order valence-corrected chi connectivity index (χ1v) is 8.98. The van der Waals surface area contributed by atoms with Crippen LogP contribution in [0.5, 0.6) is 0 Å². The molecule has 5 atom stereocenters. The molecule has 1 aromatic rings. The van der Waals surface area contributed by atoms with Crippen LogP contribution in [0.15, 0.2) is 18.2 Å². The Kier molecular flexibility index (Phi) is 4.32. The largest absolute Gasteiger partial charge is 0.342 e. The summed E-state index contributed by atoms with van der Waals surface area (Å²) >= 11 is 0. The van der Waals surface area contributed by atoms with Crippen molar-refractivity contribution in [3.05, 3.63) is 29.6 Å². The molecule has 7 nitrogen and oxygen atoms in total. The fourth-order valence-electron chi connectivity index (χ4n) is 3.71. The van der Waals surface area contributed by atoms with Gasteiger partial charge in [-0.25, -0.2) is 4.39 Å². The van der Waals surface area contributed by atoms with E-state index in [4.69, 9.17) is 23.7 Å². The second kappa shape index (κ2) is 6.22. The second-order valence-corrected chi connectivity index (χ2v) is 8.04. The van der Waals surface area contributed by atoms with Gasteiger partial charge in [-0.2, -0.15) is 0 Å². The van der Waals surface area contributed by atoms with Gasteiger partial charge in [-0.15, -0.1) is 0 Å². The van der Waals surface area contributed by atoms with Crippen LogP contribution < -0.4 is 5.32 Å². The Bertz CT molecular complexity index is 767. The summed E-state index contributed by atoms with van der Waals surface area (Å²) in [6, 6.07) is 4.50. The van der Waals surface area contributed by atoms with E-state index in [1.165, 1.54) is 6.07 Å². The summed E-state index contributed by atoms with van der Waals surface area (Å²) in [5.74, 6) is -2.60. The Hall–Kier alpha value is -1.58. The second-order valence-electron chi connectivity index (χ2n) is 8.04. The molecule has 0 saturated carbocycles. The van der Waals surface area contributed by atoms with Crippen LogP contribution in [0.4, 0.5) is 10.1 Å². The molecule has 0 spiro atoms. The Morgan fingerprint density at radius 2 is 1.63 bits per heavy atom. The van der Waals surface area contributed by atoms with Gasteiger partial charge in [-0.05, 0) is 52.3 Å². The van der Waals surface area contributed by atoms with E-state index < -0.39 is 54.0 Å². The Balaban J connectivity index is 1.57. The van der Waals surface area contributed by atoms with Crippen molar-refractivity contribution >= 4 is 11.6 Å². The number of carbonyl (C=O) groups excluding carboxylic acids is 1. The van der Waals surface area contributed by atoms with Crippen LogP contribution >= 0.6 is 0 Å². The zero-order valence-electron chi connectivity index (χ0n) is 15.9.